The van der Waals surface area contributed by atoms with Crippen LogP contribution in [0.15, 0.2) is 32.9 Å². The molecule has 12 heteroatoms. The first-order valence-corrected chi connectivity index (χ1v) is 11.9. The molecule has 4 amide bonds. The van der Waals surface area contributed by atoms with Gasteiger partial charge in [-0.1, -0.05) is 34.9 Å². The fourth-order valence-electron chi connectivity index (χ4n) is 2.23. The number of amides is 4. The quantitative estimate of drug-likeness (QED) is 0.511. The van der Waals surface area contributed by atoms with Crippen molar-refractivity contribution >= 4 is 58.4 Å². The normalized spacial score (nSPS) is 10.4. The second-order valence-corrected chi connectivity index (χ2v) is 9.13. The summed E-state index contributed by atoms with van der Waals surface area (Å²) in [6.07, 6.45) is 0. The molecule has 1 heterocycles. The highest BCUT2D eigenvalue weighted by Crippen LogP contribution is 2.28. The van der Waals surface area contributed by atoms with Gasteiger partial charge in [-0.15, -0.1) is 10.2 Å². The van der Waals surface area contributed by atoms with Gasteiger partial charge in [-0.05, 0) is 38.1 Å². The van der Waals surface area contributed by atoms with Crippen LogP contribution in [-0.2, 0) is 9.59 Å². The summed E-state index contributed by atoms with van der Waals surface area (Å²) in [5, 5.41) is 12.9. The van der Waals surface area contributed by atoms with E-state index in [1.807, 2.05) is 13.8 Å². The number of rotatable bonds is 10. The van der Waals surface area contributed by atoms with E-state index in [0.717, 1.165) is 0 Å². The molecule has 0 saturated heterocycles. The van der Waals surface area contributed by atoms with Crippen LogP contribution in [0.2, 0.25) is 0 Å². The van der Waals surface area contributed by atoms with Crippen molar-refractivity contribution in [2.24, 2.45) is 0 Å². The Morgan fingerprint density at radius 1 is 1.03 bits per heavy atom. The molecule has 0 aliphatic rings. The van der Waals surface area contributed by atoms with Gasteiger partial charge >= 0.3 is 6.03 Å². The number of nitrogens with one attached hydrogen (secondary N) is 2. The van der Waals surface area contributed by atoms with Crippen LogP contribution in [0.1, 0.15) is 13.8 Å². The minimum absolute atomic E-state index is 0.0215. The molecule has 162 valence electrons. The standard InChI is InChI=1S/C18H23N5O4S3/c1-4-23(5-2)15(25)11-29-18-22-21-17(30-18)28-10-14(24)20-16(26)19-12-6-8-13(27-3)9-7-12/h6-9H,4-5,10-11H2,1-3H3,(H2,19,20,24,26). The van der Waals surface area contributed by atoms with Crippen molar-refractivity contribution in [3.05, 3.63) is 24.3 Å². The highest BCUT2D eigenvalue weighted by atomic mass is 32.2. The number of urea groups is 1. The van der Waals surface area contributed by atoms with Gasteiger partial charge in [0.05, 0.1) is 18.6 Å². The summed E-state index contributed by atoms with van der Waals surface area (Å²) < 4.78 is 6.30. The van der Waals surface area contributed by atoms with Gasteiger partial charge in [0.25, 0.3) is 0 Å². The monoisotopic (exact) mass is 469 g/mol. The van der Waals surface area contributed by atoms with E-state index in [-0.39, 0.29) is 11.7 Å². The van der Waals surface area contributed by atoms with Crippen LogP contribution < -0.4 is 15.4 Å². The Labute approximate surface area is 187 Å². The number of carbonyl (C=O) groups is 3. The number of imide groups is 1. The smallest absolute Gasteiger partial charge is 0.325 e. The predicted octanol–water partition coefficient (Wildman–Crippen LogP) is 2.95. The summed E-state index contributed by atoms with van der Waals surface area (Å²) in [4.78, 5) is 37.6. The van der Waals surface area contributed by atoms with Gasteiger partial charge in [-0.3, -0.25) is 14.9 Å². The van der Waals surface area contributed by atoms with Crippen molar-refractivity contribution in [3.63, 3.8) is 0 Å². The first-order chi connectivity index (χ1) is 14.4. The molecule has 0 saturated carbocycles. The number of methoxy groups -OCH3 is 1. The molecule has 0 spiro atoms. The van der Waals surface area contributed by atoms with Crippen LogP contribution >= 0.6 is 34.9 Å². The van der Waals surface area contributed by atoms with Crippen molar-refractivity contribution in [2.45, 2.75) is 22.5 Å². The van der Waals surface area contributed by atoms with E-state index in [1.165, 1.54) is 34.9 Å². The second-order valence-electron chi connectivity index (χ2n) is 5.71. The minimum Gasteiger partial charge on any atom is -0.497 e. The summed E-state index contributed by atoms with van der Waals surface area (Å²) in [5.74, 6) is 0.588. The molecule has 0 bridgehead atoms. The zero-order valence-corrected chi connectivity index (χ0v) is 19.3. The third-order valence-corrected chi connectivity index (χ3v) is 6.93. The molecule has 0 unspecified atom stereocenters. The highest BCUT2D eigenvalue weighted by molar-refractivity contribution is 8.03. The Bertz CT molecular complexity index is 856. The number of hydrogen-bond acceptors (Lipinski definition) is 9. The first-order valence-electron chi connectivity index (χ1n) is 9.06. The molecule has 2 N–H and O–H groups in total. The van der Waals surface area contributed by atoms with Gasteiger partial charge in [0.1, 0.15) is 5.75 Å². The number of anilines is 1. The van der Waals surface area contributed by atoms with Gasteiger partial charge in [0.2, 0.25) is 11.8 Å². The molecule has 0 aliphatic carbocycles. The van der Waals surface area contributed by atoms with Crippen molar-refractivity contribution in [3.8, 4) is 5.75 Å². The van der Waals surface area contributed by atoms with Crippen molar-refractivity contribution < 1.29 is 19.1 Å². The van der Waals surface area contributed by atoms with Gasteiger partial charge in [0, 0.05) is 18.8 Å². The average Bonchev–Trinajstić information content (AvgIpc) is 3.20. The van der Waals surface area contributed by atoms with Crippen molar-refractivity contribution in [2.75, 3.05) is 37.0 Å². The van der Waals surface area contributed by atoms with E-state index in [2.05, 4.69) is 20.8 Å². The lowest BCUT2D eigenvalue weighted by molar-refractivity contribution is -0.128. The van der Waals surface area contributed by atoms with E-state index in [0.29, 0.717) is 39.0 Å². The number of nitrogens with zero attached hydrogens (tertiary/aromatic N) is 3. The molecule has 2 aromatic rings. The van der Waals surface area contributed by atoms with Crippen LogP contribution in [0.3, 0.4) is 0 Å². The molecule has 0 radical (unpaired) electrons. The van der Waals surface area contributed by atoms with Gasteiger partial charge in [0.15, 0.2) is 8.68 Å². The third kappa shape index (κ3) is 7.84. The Kier molecular flexibility index (Phi) is 9.91. The van der Waals surface area contributed by atoms with Gasteiger partial charge < -0.3 is 15.0 Å². The Balaban J connectivity index is 1.72. The number of aromatic nitrogens is 2. The Morgan fingerprint density at radius 3 is 2.20 bits per heavy atom. The number of thioether (sulfide) groups is 2. The van der Waals surface area contributed by atoms with E-state index < -0.39 is 11.9 Å². The molecule has 0 atom stereocenters. The molecular formula is C18H23N5O4S3. The lowest BCUT2D eigenvalue weighted by atomic mass is 10.3. The van der Waals surface area contributed by atoms with E-state index in [4.69, 9.17) is 4.74 Å². The SMILES string of the molecule is CCN(CC)C(=O)CSc1nnc(SCC(=O)NC(=O)Nc2ccc(OC)cc2)s1. The van der Waals surface area contributed by atoms with Crippen LogP contribution in [-0.4, -0.2) is 64.6 Å². The lowest BCUT2D eigenvalue weighted by Gasteiger charge is -2.17. The zero-order valence-electron chi connectivity index (χ0n) is 16.8. The van der Waals surface area contributed by atoms with Crippen LogP contribution in [0.4, 0.5) is 10.5 Å². The average molecular weight is 470 g/mol. The number of benzene rings is 1. The predicted molar refractivity (Wildman–Crippen MR) is 119 cm³/mol. The first kappa shape index (κ1) is 24.0. The Morgan fingerprint density at radius 2 is 1.63 bits per heavy atom. The zero-order chi connectivity index (χ0) is 21.9. The topological polar surface area (TPSA) is 114 Å². The minimum atomic E-state index is -0.616. The number of hydrogen-bond donors (Lipinski definition) is 2. The van der Waals surface area contributed by atoms with Crippen LogP contribution in [0, 0.1) is 0 Å². The molecule has 1 aromatic heterocycles. The third-order valence-electron chi connectivity index (χ3n) is 3.75. The summed E-state index contributed by atoms with van der Waals surface area (Å²) in [5.41, 5.74) is 0.541. The van der Waals surface area contributed by atoms with E-state index >= 15 is 0 Å². The van der Waals surface area contributed by atoms with Crippen LogP contribution in [0.5, 0.6) is 5.75 Å². The fourth-order valence-corrected chi connectivity index (χ4v) is 4.95. The van der Waals surface area contributed by atoms with Gasteiger partial charge in [-0.25, -0.2) is 4.79 Å². The van der Waals surface area contributed by atoms with Crippen molar-refractivity contribution in [1.82, 2.24) is 20.4 Å². The fraction of sp³-hybridized carbons (Fsp3) is 0.389. The molecular weight excluding hydrogens is 446 g/mol. The maximum absolute atomic E-state index is 12.0. The lowest BCUT2D eigenvalue weighted by Crippen LogP contribution is -2.35. The van der Waals surface area contributed by atoms with E-state index in [9.17, 15) is 14.4 Å². The second kappa shape index (κ2) is 12.4. The molecule has 30 heavy (non-hydrogen) atoms. The van der Waals surface area contributed by atoms with Gasteiger partial charge in [-0.2, -0.15) is 0 Å². The number of carbonyl (C=O) groups excluding carboxylic acids is 3. The molecule has 1 aromatic carbocycles. The summed E-state index contributed by atoms with van der Waals surface area (Å²) >= 11 is 3.81. The summed E-state index contributed by atoms with van der Waals surface area (Å²) in [6, 6.07) is 6.13. The highest BCUT2D eigenvalue weighted by Gasteiger charge is 2.14. The van der Waals surface area contributed by atoms with Crippen molar-refractivity contribution in [1.29, 1.82) is 0 Å². The summed E-state index contributed by atoms with van der Waals surface area (Å²) in [7, 11) is 1.55. The molecule has 9 nitrogen and oxygen atoms in total. The maximum atomic E-state index is 12.0. The Hall–Kier alpha value is -2.31. The molecule has 0 fully saturated rings. The molecule has 2 rings (SSSR count). The van der Waals surface area contributed by atoms with Crippen LogP contribution in [0.25, 0.3) is 0 Å². The number of ether oxygens (including phenoxy) is 1. The summed E-state index contributed by atoms with van der Waals surface area (Å²) in [6.45, 7) is 5.23. The van der Waals surface area contributed by atoms with E-state index in [1.54, 1.807) is 36.3 Å². The molecule has 0 aliphatic heterocycles. The maximum Gasteiger partial charge on any atom is 0.325 e. The largest absolute Gasteiger partial charge is 0.497 e.